The van der Waals surface area contributed by atoms with Gasteiger partial charge >= 0.3 is 0 Å². The van der Waals surface area contributed by atoms with E-state index in [0.717, 1.165) is 36.3 Å². The Labute approximate surface area is 173 Å². The molecule has 2 aromatic carbocycles. The lowest BCUT2D eigenvalue weighted by Gasteiger charge is -2.18. The SMILES string of the molecule is CCc1cccc(OCC(=O)Nc2ccc(NC(=O)CN(CC)CC)c(C)c2)c1. The third-order valence-corrected chi connectivity index (χ3v) is 4.72. The Bertz CT molecular complexity index is 832. The summed E-state index contributed by atoms with van der Waals surface area (Å²) < 4.78 is 5.57. The summed E-state index contributed by atoms with van der Waals surface area (Å²) in [5.74, 6) is 0.405. The molecular formula is C23H31N3O3. The summed E-state index contributed by atoms with van der Waals surface area (Å²) in [5.41, 5.74) is 3.46. The number of carbonyl (C=O) groups excluding carboxylic acids is 2. The molecule has 0 radical (unpaired) electrons. The molecule has 0 fully saturated rings. The highest BCUT2D eigenvalue weighted by molar-refractivity contribution is 5.95. The van der Waals surface area contributed by atoms with Gasteiger partial charge in [0.1, 0.15) is 5.75 Å². The maximum Gasteiger partial charge on any atom is 0.262 e. The van der Waals surface area contributed by atoms with Gasteiger partial charge in [-0.25, -0.2) is 0 Å². The summed E-state index contributed by atoms with van der Waals surface area (Å²) >= 11 is 0. The van der Waals surface area contributed by atoms with Crippen molar-refractivity contribution in [3.63, 3.8) is 0 Å². The number of ether oxygens (including phenoxy) is 1. The molecule has 6 heteroatoms. The Balaban J connectivity index is 1.88. The number of amides is 2. The fourth-order valence-electron chi connectivity index (χ4n) is 2.92. The summed E-state index contributed by atoms with van der Waals surface area (Å²) in [7, 11) is 0. The van der Waals surface area contributed by atoms with Gasteiger partial charge in [0.2, 0.25) is 5.91 Å². The van der Waals surface area contributed by atoms with Gasteiger partial charge in [0.25, 0.3) is 5.91 Å². The zero-order valence-electron chi connectivity index (χ0n) is 17.7. The van der Waals surface area contributed by atoms with E-state index in [0.29, 0.717) is 18.0 Å². The van der Waals surface area contributed by atoms with Gasteiger partial charge in [-0.05, 0) is 67.9 Å². The molecule has 29 heavy (non-hydrogen) atoms. The first kappa shape index (κ1) is 22.4. The Morgan fingerprint density at radius 1 is 0.966 bits per heavy atom. The van der Waals surface area contributed by atoms with Gasteiger partial charge in [-0.15, -0.1) is 0 Å². The molecule has 0 unspecified atom stereocenters. The molecule has 156 valence electrons. The van der Waals surface area contributed by atoms with Gasteiger partial charge in [0, 0.05) is 11.4 Å². The zero-order chi connectivity index (χ0) is 21.2. The number of nitrogens with one attached hydrogen (secondary N) is 2. The maximum atomic E-state index is 12.2. The maximum absolute atomic E-state index is 12.2. The van der Waals surface area contributed by atoms with Crippen molar-refractivity contribution < 1.29 is 14.3 Å². The molecule has 0 aliphatic carbocycles. The molecule has 0 saturated carbocycles. The molecule has 0 aromatic heterocycles. The smallest absolute Gasteiger partial charge is 0.262 e. The van der Waals surface area contributed by atoms with Crippen molar-refractivity contribution in [3.8, 4) is 5.75 Å². The second-order valence-corrected chi connectivity index (χ2v) is 6.88. The van der Waals surface area contributed by atoms with Crippen LogP contribution in [0.15, 0.2) is 42.5 Å². The molecule has 0 bridgehead atoms. The molecular weight excluding hydrogens is 366 g/mol. The van der Waals surface area contributed by atoms with Crippen LogP contribution < -0.4 is 15.4 Å². The Morgan fingerprint density at radius 2 is 1.72 bits per heavy atom. The lowest BCUT2D eigenvalue weighted by atomic mass is 10.1. The molecule has 6 nitrogen and oxygen atoms in total. The van der Waals surface area contributed by atoms with Crippen molar-refractivity contribution in [2.24, 2.45) is 0 Å². The number of aryl methyl sites for hydroxylation is 2. The van der Waals surface area contributed by atoms with E-state index in [1.165, 1.54) is 0 Å². The first-order valence-electron chi connectivity index (χ1n) is 10.1. The molecule has 0 spiro atoms. The first-order chi connectivity index (χ1) is 13.9. The van der Waals surface area contributed by atoms with Crippen LogP contribution in [-0.4, -0.2) is 43.0 Å². The molecule has 0 aliphatic rings. The van der Waals surface area contributed by atoms with Crippen LogP contribution in [-0.2, 0) is 16.0 Å². The van der Waals surface area contributed by atoms with Crippen molar-refractivity contribution in [3.05, 3.63) is 53.6 Å². The average molecular weight is 398 g/mol. The van der Waals surface area contributed by atoms with E-state index in [4.69, 9.17) is 4.74 Å². The summed E-state index contributed by atoms with van der Waals surface area (Å²) in [5, 5.41) is 5.76. The van der Waals surface area contributed by atoms with Gasteiger partial charge < -0.3 is 15.4 Å². The van der Waals surface area contributed by atoms with Crippen molar-refractivity contribution in [2.75, 3.05) is 36.9 Å². The standard InChI is InChI=1S/C23H31N3O3/c1-5-18-9-8-10-20(14-18)29-16-23(28)24-19-11-12-21(17(4)13-19)25-22(27)15-26(6-2)7-3/h8-14H,5-7,15-16H2,1-4H3,(H,24,28)(H,25,27). The first-order valence-corrected chi connectivity index (χ1v) is 10.1. The van der Waals surface area contributed by atoms with E-state index in [1.54, 1.807) is 12.1 Å². The monoisotopic (exact) mass is 397 g/mol. The third kappa shape index (κ3) is 7.23. The second-order valence-electron chi connectivity index (χ2n) is 6.88. The number of benzene rings is 2. The average Bonchev–Trinajstić information content (AvgIpc) is 2.72. The normalized spacial score (nSPS) is 10.7. The predicted octanol–water partition coefficient (Wildman–Crippen LogP) is 3.86. The molecule has 0 aliphatic heterocycles. The molecule has 0 heterocycles. The van der Waals surface area contributed by atoms with Gasteiger partial charge in [-0.1, -0.05) is 32.9 Å². The van der Waals surface area contributed by atoms with Crippen molar-refractivity contribution >= 4 is 23.2 Å². The van der Waals surface area contributed by atoms with Gasteiger partial charge in [0.05, 0.1) is 6.54 Å². The van der Waals surface area contributed by atoms with Crippen LogP contribution in [0.25, 0.3) is 0 Å². The summed E-state index contributed by atoms with van der Waals surface area (Å²) in [6.07, 6.45) is 0.917. The summed E-state index contributed by atoms with van der Waals surface area (Å²) in [4.78, 5) is 26.4. The summed E-state index contributed by atoms with van der Waals surface area (Å²) in [6, 6.07) is 13.1. The minimum Gasteiger partial charge on any atom is -0.484 e. The highest BCUT2D eigenvalue weighted by Crippen LogP contribution is 2.20. The third-order valence-electron chi connectivity index (χ3n) is 4.72. The number of hydrogen-bond donors (Lipinski definition) is 2. The quantitative estimate of drug-likeness (QED) is 0.639. The largest absolute Gasteiger partial charge is 0.484 e. The highest BCUT2D eigenvalue weighted by atomic mass is 16.5. The topological polar surface area (TPSA) is 70.7 Å². The van der Waals surface area contributed by atoms with E-state index >= 15 is 0 Å². The van der Waals surface area contributed by atoms with Gasteiger partial charge in [0.15, 0.2) is 6.61 Å². The zero-order valence-corrected chi connectivity index (χ0v) is 17.7. The Morgan fingerprint density at radius 3 is 2.38 bits per heavy atom. The van der Waals surface area contributed by atoms with E-state index in [-0.39, 0.29) is 18.4 Å². The van der Waals surface area contributed by atoms with Crippen LogP contribution in [0.3, 0.4) is 0 Å². The van der Waals surface area contributed by atoms with Crippen LogP contribution in [0, 0.1) is 6.92 Å². The lowest BCUT2D eigenvalue weighted by Crippen LogP contribution is -2.33. The van der Waals surface area contributed by atoms with E-state index in [1.807, 2.05) is 51.1 Å². The minimum absolute atomic E-state index is 0.0451. The fourth-order valence-corrected chi connectivity index (χ4v) is 2.92. The fraction of sp³-hybridized carbons (Fsp3) is 0.391. The highest BCUT2D eigenvalue weighted by Gasteiger charge is 2.10. The Hall–Kier alpha value is -2.86. The molecule has 0 atom stereocenters. The predicted molar refractivity (Wildman–Crippen MR) is 118 cm³/mol. The van der Waals surface area contributed by atoms with Crippen LogP contribution in [0.1, 0.15) is 31.9 Å². The molecule has 2 N–H and O–H groups in total. The van der Waals surface area contributed by atoms with Crippen LogP contribution in [0.5, 0.6) is 5.75 Å². The number of anilines is 2. The van der Waals surface area contributed by atoms with E-state index in [2.05, 4.69) is 22.5 Å². The van der Waals surface area contributed by atoms with Crippen LogP contribution in [0.2, 0.25) is 0 Å². The number of nitrogens with zero attached hydrogens (tertiary/aromatic N) is 1. The number of rotatable bonds is 10. The van der Waals surface area contributed by atoms with E-state index in [9.17, 15) is 9.59 Å². The van der Waals surface area contributed by atoms with Gasteiger partial charge in [-0.2, -0.15) is 0 Å². The number of likely N-dealkylation sites (N-methyl/N-ethyl adjacent to an activating group) is 1. The number of carbonyl (C=O) groups is 2. The number of hydrogen-bond acceptors (Lipinski definition) is 4. The summed E-state index contributed by atoms with van der Waals surface area (Å²) in [6.45, 7) is 10.0. The molecule has 0 saturated heterocycles. The van der Waals surface area contributed by atoms with Crippen LogP contribution in [0.4, 0.5) is 11.4 Å². The molecule has 2 amide bonds. The van der Waals surface area contributed by atoms with Gasteiger partial charge in [-0.3, -0.25) is 14.5 Å². The van der Waals surface area contributed by atoms with Crippen LogP contribution >= 0.6 is 0 Å². The second kappa shape index (κ2) is 11.2. The Kier molecular flexibility index (Phi) is 8.68. The molecule has 2 aromatic rings. The minimum atomic E-state index is -0.232. The molecule has 2 rings (SSSR count). The lowest BCUT2D eigenvalue weighted by molar-refractivity contribution is -0.118. The van der Waals surface area contributed by atoms with Crippen molar-refractivity contribution in [2.45, 2.75) is 34.1 Å². The van der Waals surface area contributed by atoms with Crippen molar-refractivity contribution in [1.29, 1.82) is 0 Å². The van der Waals surface area contributed by atoms with E-state index < -0.39 is 0 Å². The van der Waals surface area contributed by atoms with Crippen molar-refractivity contribution in [1.82, 2.24) is 4.90 Å².